The van der Waals surface area contributed by atoms with Gasteiger partial charge in [0.1, 0.15) is 0 Å². The van der Waals surface area contributed by atoms with E-state index in [9.17, 15) is 18.5 Å². The third-order valence-corrected chi connectivity index (χ3v) is 5.25. The molecular weight excluding hydrogens is 282 g/mol. The molecule has 0 aliphatic carbocycles. The lowest BCUT2D eigenvalue weighted by Gasteiger charge is -2.23. The highest BCUT2D eigenvalue weighted by molar-refractivity contribution is 7.93. The number of non-ortho nitro benzene ring substituents is 1. The summed E-state index contributed by atoms with van der Waals surface area (Å²) in [5, 5.41) is 13.4. The fourth-order valence-electron chi connectivity index (χ4n) is 2.22. The average Bonchev–Trinajstić information content (AvgIpc) is 2.41. The molecule has 2 N–H and O–H groups in total. The van der Waals surface area contributed by atoms with Crippen LogP contribution in [0.15, 0.2) is 18.2 Å². The summed E-state index contributed by atoms with van der Waals surface area (Å²) < 4.78 is 27.1. The monoisotopic (exact) mass is 299 g/mol. The fourth-order valence-corrected chi connectivity index (χ4v) is 3.78. The molecule has 0 saturated carbocycles. The van der Waals surface area contributed by atoms with E-state index >= 15 is 0 Å². The molecule has 110 valence electrons. The first-order valence-electron chi connectivity index (χ1n) is 6.37. The van der Waals surface area contributed by atoms with Crippen LogP contribution < -0.4 is 10.0 Å². The van der Waals surface area contributed by atoms with Crippen molar-refractivity contribution in [3.05, 3.63) is 33.9 Å². The van der Waals surface area contributed by atoms with Crippen LogP contribution in [0.5, 0.6) is 0 Å². The van der Waals surface area contributed by atoms with Crippen LogP contribution in [0.3, 0.4) is 0 Å². The maximum absolute atomic E-state index is 12.3. The quantitative estimate of drug-likeness (QED) is 0.646. The Kier molecular flexibility index (Phi) is 4.24. The number of benzene rings is 1. The Hall–Kier alpha value is -1.67. The summed E-state index contributed by atoms with van der Waals surface area (Å²) in [6.45, 7) is 3.02. The standard InChI is InChI=1S/C12H17N3O4S/c1-9-8-10(15(16)17)2-3-12(9)14-20(18,19)11-4-6-13-7-5-11/h2-3,8,11,13-14H,4-7H2,1H3. The van der Waals surface area contributed by atoms with E-state index in [0.29, 0.717) is 37.2 Å². The van der Waals surface area contributed by atoms with Crippen LogP contribution in [0.2, 0.25) is 0 Å². The van der Waals surface area contributed by atoms with Crippen molar-refractivity contribution in [2.45, 2.75) is 25.0 Å². The lowest BCUT2D eigenvalue weighted by molar-refractivity contribution is -0.384. The van der Waals surface area contributed by atoms with Crippen molar-refractivity contribution in [2.24, 2.45) is 0 Å². The van der Waals surface area contributed by atoms with Gasteiger partial charge in [0.2, 0.25) is 10.0 Å². The second kappa shape index (κ2) is 5.76. The SMILES string of the molecule is Cc1cc([N+](=O)[O-])ccc1NS(=O)(=O)C1CCNCC1. The van der Waals surface area contributed by atoms with E-state index in [2.05, 4.69) is 10.0 Å². The molecule has 0 amide bonds. The first-order valence-corrected chi connectivity index (χ1v) is 7.92. The third kappa shape index (κ3) is 3.26. The van der Waals surface area contributed by atoms with Crippen LogP contribution in [0, 0.1) is 17.0 Å². The summed E-state index contributed by atoms with van der Waals surface area (Å²) in [6.07, 6.45) is 1.14. The van der Waals surface area contributed by atoms with Crippen LogP contribution in [0.1, 0.15) is 18.4 Å². The van der Waals surface area contributed by atoms with Crippen molar-refractivity contribution in [1.29, 1.82) is 0 Å². The van der Waals surface area contributed by atoms with Gasteiger partial charge in [0.25, 0.3) is 5.69 Å². The zero-order chi connectivity index (χ0) is 14.8. The maximum Gasteiger partial charge on any atom is 0.269 e. The molecule has 1 aromatic carbocycles. The lowest BCUT2D eigenvalue weighted by atomic mass is 10.2. The number of piperidine rings is 1. The highest BCUT2D eigenvalue weighted by Crippen LogP contribution is 2.24. The molecule has 1 aliphatic heterocycles. The van der Waals surface area contributed by atoms with Gasteiger partial charge in [-0.2, -0.15) is 0 Å². The van der Waals surface area contributed by atoms with Crippen molar-refractivity contribution in [3.63, 3.8) is 0 Å². The molecule has 8 heteroatoms. The van der Waals surface area contributed by atoms with Crippen molar-refractivity contribution in [2.75, 3.05) is 17.8 Å². The van der Waals surface area contributed by atoms with E-state index in [1.54, 1.807) is 6.92 Å². The Labute approximate surface area is 117 Å². The number of sulfonamides is 1. The zero-order valence-electron chi connectivity index (χ0n) is 11.1. The number of anilines is 1. The van der Waals surface area contributed by atoms with Gasteiger partial charge in [0.05, 0.1) is 15.9 Å². The molecule has 0 unspecified atom stereocenters. The second-order valence-electron chi connectivity index (χ2n) is 4.85. The van der Waals surface area contributed by atoms with Gasteiger partial charge in [-0.25, -0.2) is 8.42 Å². The van der Waals surface area contributed by atoms with Gasteiger partial charge in [0.15, 0.2) is 0 Å². The number of nitro groups is 1. The smallest absolute Gasteiger partial charge is 0.269 e. The van der Waals surface area contributed by atoms with Gasteiger partial charge in [-0.05, 0) is 44.5 Å². The number of nitro benzene ring substituents is 1. The van der Waals surface area contributed by atoms with Gasteiger partial charge < -0.3 is 5.32 Å². The third-order valence-electron chi connectivity index (χ3n) is 3.40. The van der Waals surface area contributed by atoms with Gasteiger partial charge >= 0.3 is 0 Å². The number of nitrogens with one attached hydrogen (secondary N) is 2. The average molecular weight is 299 g/mol. The second-order valence-corrected chi connectivity index (χ2v) is 6.81. The molecule has 0 radical (unpaired) electrons. The number of hydrogen-bond donors (Lipinski definition) is 2. The Morgan fingerprint density at radius 3 is 2.55 bits per heavy atom. The summed E-state index contributed by atoms with van der Waals surface area (Å²) in [5.74, 6) is 0. The fraction of sp³-hybridized carbons (Fsp3) is 0.500. The lowest BCUT2D eigenvalue weighted by Crippen LogP contribution is -2.38. The molecule has 0 aromatic heterocycles. The maximum atomic E-state index is 12.3. The topological polar surface area (TPSA) is 101 Å². The molecule has 0 atom stereocenters. The Morgan fingerprint density at radius 1 is 1.35 bits per heavy atom. The van der Waals surface area contributed by atoms with E-state index in [-0.39, 0.29) is 5.69 Å². The van der Waals surface area contributed by atoms with Gasteiger partial charge in [-0.3, -0.25) is 14.8 Å². The van der Waals surface area contributed by atoms with Gasteiger partial charge in [-0.1, -0.05) is 0 Å². The first-order chi connectivity index (χ1) is 9.40. The Bertz CT molecular complexity index is 609. The normalized spacial score (nSPS) is 16.9. The summed E-state index contributed by atoms with van der Waals surface area (Å²) in [6, 6.07) is 4.10. The highest BCUT2D eigenvalue weighted by atomic mass is 32.2. The van der Waals surface area contributed by atoms with E-state index in [1.165, 1.54) is 18.2 Å². The minimum atomic E-state index is -3.45. The molecule has 2 rings (SSSR count). The zero-order valence-corrected chi connectivity index (χ0v) is 11.9. The van der Waals surface area contributed by atoms with Crippen LogP contribution in [-0.2, 0) is 10.0 Å². The Balaban J connectivity index is 2.18. The number of nitrogens with zero attached hydrogens (tertiary/aromatic N) is 1. The molecule has 1 saturated heterocycles. The summed E-state index contributed by atoms with van der Waals surface area (Å²) in [5.41, 5.74) is 0.887. The number of hydrogen-bond acceptors (Lipinski definition) is 5. The molecule has 1 aliphatic rings. The minimum Gasteiger partial charge on any atom is -0.317 e. The van der Waals surface area contributed by atoms with Crippen molar-refractivity contribution in [1.82, 2.24) is 5.32 Å². The molecule has 1 aromatic rings. The summed E-state index contributed by atoms with van der Waals surface area (Å²) in [4.78, 5) is 10.2. The largest absolute Gasteiger partial charge is 0.317 e. The van der Waals surface area contributed by atoms with Crippen molar-refractivity contribution >= 4 is 21.4 Å². The number of aryl methyl sites for hydroxylation is 1. The first kappa shape index (κ1) is 14.7. The van der Waals surface area contributed by atoms with Crippen LogP contribution >= 0.6 is 0 Å². The minimum absolute atomic E-state index is 0.0488. The number of rotatable bonds is 4. The summed E-state index contributed by atoms with van der Waals surface area (Å²) in [7, 11) is -3.45. The predicted molar refractivity (Wildman–Crippen MR) is 76.3 cm³/mol. The predicted octanol–water partition coefficient (Wildman–Crippen LogP) is 1.40. The highest BCUT2D eigenvalue weighted by Gasteiger charge is 2.27. The van der Waals surface area contributed by atoms with Gasteiger partial charge in [-0.15, -0.1) is 0 Å². The van der Waals surface area contributed by atoms with Crippen LogP contribution in [0.4, 0.5) is 11.4 Å². The van der Waals surface area contributed by atoms with Crippen molar-refractivity contribution < 1.29 is 13.3 Å². The van der Waals surface area contributed by atoms with E-state index in [0.717, 1.165) is 0 Å². The molecule has 1 heterocycles. The van der Waals surface area contributed by atoms with Crippen LogP contribution in [0.25, 0.3) is 0 Å². The molecule has 0 spiro atoms. The molecule has 7 nitrogen and oxygen atoms in total. The van der Waals surface area contributed by atoms with Crippen LogP contribution in [-0.4, -0.2) is 31.7 Å². The molecule has 20 heavy (non-hydrogen) atoms. The summed E-state index contributed by atoms with van der Waals surface area (Å²) >= 11 is 0. The Morgan fingerprint density at radius 2 is 2.00 bits per heavy atom. The van der Waals surface area contributed by atoms with E-state index in [4.69, 9.17) is 0 Å². The molecule has 1 fully saturated rings. The van der Waals surface area contributed by atoms with Gasteiger partial charge in [0, 0.05) is 12.1 Å². The van der Waals surface area contributed by atoms with E-state index in [1.807, 2.05) is 0 Å². The molecular formula is C12H17N3O4S. The molecule has 0 bridgehead atoms. The van der Waals surface area contributed by atoms with E-state index < -0.39 is 20.2 Å². The van der Waals surface area contributed by atoms with Crippen molar-refractivity contribution in [3.8, 4) is 0 Å².